The molecule has 6 rings (SSSR count). The lowest BCUT2D eigenvalue weighted by Crippen LogP contribution is -1.99. The Morgan fingerprint density at radius 1 is 0.725 bits per heavy atom. The van der Waals surface area contributed by atoms with Crippen molar-refractivity contribution in [2.75, 3.05) is 26.5 Å². The highest BCUT2D eigenvalue weighted by Crippen LogP contribution is 2.31. The van der Waals surface area contributed by atoms with Crippen LogP contribution >= 0.6 is 70.5 Å². The van der Waals surface area contributed by atoms with Crippen molar-refractivity contribution in [3.63, 3.8) is 0 Å². The Morgan fingerprint density at radius 3 is 1.65 bits per heavy atom. The van der Waals surface area contributed by atoms with Crippen LogP contribution in [-0.2, 0) is 9.47 Å². The number of aromatic nitrogens is 2. The average Bonchev–Trinajstić information content (AvgIpc) is 3.74. The van der Waals surface area contributed by atoms with E-state index in [-0.39, 0.29) is 23.9 Å². The molecule has 0 bridgehead atoms. The number of hydrogen-bond acceptors (Lipinski definition) is 12. The summed E-state index contributed by atoms with van der Waals surface area (Å²) in [6.07, 6.45) is 7.52. The first kappa shape index (κ1) is 39.7. The van der Waals surface area contributed by atoms with Crippen molar-refractivity contribution in [1.29, 1.82) is 0 Å². The van der Waals surface area contributed by atoms with E-state index in [1.807, 2.05) is 42.5 Å². The maximum atomic E-state index is 10.8. The van der Waals surface area contributed by atoms with Gasteiger partial charge < -0.3 is 19.3 Å². The van der Waals surface area contributed by atoms with Crippen LogP contribution in [0.15, 0.2) is 81.7 Å². The Morgan fingerprint density at radius 2 is 1.22 bits per heavy atom. The second kappa shape index (κ2) is 19.5. The summed E-state index contributed by atoms with van der Waals surface area (Å²) in [7, 11) is 3.20. The molecule has 0 saturated carbocycles. The summed E-state index contributed by atoms with van der Waals surface area (Å²) in [5.74, 6) is 0.885. The highest BCUT2D eigenvalue weighted by molar-refractivity contribution is 9.11. The van der Waals surface area contributed by atoms with E-state index in [1.54, 1.807) is 50.6 Å². The number of nitro groups is 2. The Bertz CT molecular complexity index is 2210. The lowest BCUT2D eigenvalue weighted by atomic mass is 10.2. The topological polar surface area (TPSA) is 160 Å². The summed E-state index contributed by atoms with van der Waals surface area (Å²) in [6, 6.07) is 20.2. The number of nitrogens with zero attached hydrogens (tertiary/aromatic N) is 4. The Labute approximate surface area is 324 Å². The van der Waals surface area contributed by atoms with Gasteiger partial charge in [-0.25, -0.2) is 9.97 Å². The van der Waals surface area contributed by atoms with Gasteiger partial charge >= 0.3 is 0 Å². The first-order valence-electron chi connectivity index (χ1n) is 14.4. The molecule has 0 unspecified atom stereocenters. The fourth-order valence-corrected chi connectivity index (χ4v) is 6.77. The minimum atomic E-state index is -0.414. The minimum Gasteiger partial charge on any atom is -0.507 e. The molecule has 0 aliphatic rings. The van der Waals surface area contributed by atoms with E-state index in [0.717, 1.165) is 46.0 Å². The average molecular weight is 923 g/mol. The summed E-state index contributed by atoms with van der Waals surface area (Å²) in [6.45, 7) is 0.186. The molecule has 1 N–H and O–H groups in total. The normalized spacial score (nSPS) is 11.0. The molecule has 264 valence electrons. The number of halogens is 3. The minimum absolute atomic E-state index is 0.0640. The molecule has 0 spiro atoms. The lowest BCUT2D eigenvalue weighted by molar-refractivity contribution is -0.384. The number of non-ortho nitro benzene ring substituents is 2. The third-order valence-corrected chi connectivity index (χ3v) is 10.1. The number of hydrogen-bond donors (Lipinski definition) is 1. The summed E-state index contributed by atoms with van der Waals surface area (Å²) < 4.78 is 17.8. The molecule has 0 aliphatic heterocycles. The third-order valence-electron chi connectivity index (χ3n) is 6.40. The number of methoxy groups -OCH3 is 2. The van der Waals surface area contributed by atoms with E-state index >= 15 is 0 Å². The van der Waals surface area contributed by atoms with Crippen LogP contribution in [-0.4, -0.2) is 51.4 Å². The van der Waals surface area contributed by atoms with Gasteiger partial charge in [-0.2, -0.15) is 0 Å². The molecule has 6 aromatic rings. The number of rotatable bonds is 10. The molecular weight excluding hydrogens is 896 g/mol. The van der Waals surface area contributed by atoms with Crippen molar-refractivity contribution in [3.8, 4) is 11.5 Å². The van der Waals surface area contributed by atoms with E-state index < -0.39 is 9.85 Å². The van der Waals surface area contributed by atoms with Gasteiger partial charge in [0.25, 0.3) is 11.4 Å². The number of ether oxygens (including phenoxy) is 3. The highest BCUT2D eigenvalue weighted by Gasteiger charge is 2.11. The highest BCUT2D eigenvalue weighted by atomic mass is 79.9. The quantitative estimate of drug-likeness (QED) is 0.0606. The molecule has 12 nitrogen and oxygen atoms in total. The van der Waals surface area contributed by atoms with Crippen molar-refractivity contribution >= 4 is 127 Å². The smallest absolute Gasteiger partial charge is 0.270 e. The molecule has 2 heterocycles. The SMILES string of the molecule is COCBr.COCOc1ccc(/C=C/c2nc3ccc([N+](=O)[O-])cc3s2)cc1Br.O=[N+]([O-])c1ccc2nc(/C=C/c3ccc(O)c(Br)c3)sc2c1. The second-order valence-corrected chi connectivity index (χ2v) is 14.2. The van der Waals surface area contributed by atoms with Crippen LogP contribution < -0.4 is 4.74 Å². The molecule has 51 heavy (non-hydrogen) atoms. The number of thiazole rings is 2. The van der Waals surface area contributed by atoms with Gasteiger partial charge in [-0.1, -0.05) is 40.2 Å². The summed E-state index contributed by atoms with van der Waals surface area (Å²) >= 11 is 12.6. The zero-order valence-electron chi connectivity index (χ0n) is 26.7. The van der Waals surface area contributed by atoms with Gasteiger partial charge in [0.1, 0.15) is 27.0 Å². The van der Waals surface area contributed by atoms with Crippen LogP contribution in [0.3, 0.4) is 0 Å². The van der Waals surface area contributed by atoms with E-state index in [1.165, 1.54) is 40.9 Å². The molecule has 0 atom stereocenters. The molecule has 4 aromatic carbocycles. The third kappa shape index (κ3) is 11.7. The van der Waals surface area contributed by atoms with Gasteiger partial charge in [0, 0.05) is 38.5 Å². The maximum absolute atomic E-state index is 10.8. The van der Waals surface area contributed by atoms with Gasteiger partial charge in [0.15, 0.2) is 6.79 Å². The summed E-state index contributed by atoms with van der Waals surface area (Å²) in [4.78, 5) is 29.7. The van der Waals surface area contributed by atoms with Crippen LogP contribution in [0, 0.1) is 20.2 Å². The van der Waals surface area contributed by atoms with E-state index in [4.69, 9.17) is 9.47 Å². The van der Waals surface area contributed by atoms with Crippen LogP contribution in [0.25, 0.3) is 44.7 Å². The van der Waals surface area contributed by atoms with Crippen LogP contribution in [0.2, 0.25) is 0 Å². The molecular formula is C34H27Br3N4O8S2. The number of phenolic OH excluding ortho intramolecular Hbond substituents is 1. The Hall–Kier alpha value is -4.10. The molecule has 2 aromatic heterocycles. The van der Waals surface area contributed by atoms with Gasteiger partial charge in [-0.15, -0.1) is 22.7 Å². The van der Waals surface area contributed by atoms with Crippen molar-refractivity contribution in [2.45, 2.75) is 0 Å². The van der Waals surface area contributed by atoms with Gasteiger partial charge in [0.2, 0.25) is 0 Å². The van der Waals surface area contributed by atoms with Gasteiger partial charge in [0.05, 0.1) is 39.2 Å². The molecule has 0 fully saturated rings. The second-order valence-electron chi connectivity index (χ2n) is 9.94. The van der Waals surface area contributed by atoms with E-state index in [0.29, 0.717) is 15.7 Å². The van der Waals surface area contributed by atoms with E-state index in [2.05, 4.69) is 62.5 Å². The van der Waals surface area contributed by atoms with Crippen molar-refractivity contribution in [2.24, 2.45) is 0 Å². The number of alkyl halides is 1. The van der Waals surface area contributed by atoms with E-state index in [9.17, 15) is 25.3 Å². The van der Waals surface area contributed by atoms with Gasteiger partial charge in [-0.05, 0) is 91.5 Å². The van der Waals surface area contributed by atoms with Crippen molar-refractivity contribution < 1.29 is 29.2 Å². The fourth-order valence-electron chi connectivity index (χ4n) is 4.05. The number of phenols is 1. The van der Waals surface area contributed by atoms with Crippen LogP contribution in [0.4, 0.5) is 11.4 Å². The molecule has 0 saturated heterocycles. The molecule has 0 aliphatic carbocycles. The van der Waals surface area contributed by atoms with Crippen LogP contribution in [0.5, 0.6) is 11.5 Å². The first-order valence-corrected chi connectivity index (χ1v) is 18.8. The predicted octanol–water partition coefficient (Wildman–Crippen LogP) is 10.9. The predicted molar refractivity (Wildman–Crippen MR) is 214 cm³/mol. The first-order chi connectivity index (χ1) is 24.5. The molecule has 17 heteroatoms. The molecule has 0 amide bonds. The van der Waals surface area contributed by atoms with Crippen molar-refractivity contribution in [1.82, 2.24) is 9.97 Å². The van der Waals surface area contributed by atoms with Crippen molar-refractivity contribution in [3.05, 3.63) is 123 Å². The number of benzene rings is 4. The molecule has 0 radical (unpaired) electrons. The summed E-state index contributed by atoms with van der Waals surface area (Å²) in [5.41, 5.74) is 4.14. The largest absolute Gasteiger partial charge is 0.507 e. The number of aromatic hydroxyl groups is 1. The Kier molecular flexibility index (Phi) is 15.2. The van der Waals surface area contributed by atoms with Gasteiger partial charge in [-0.3, -0.25) is 20.2 Å². The lowest BCUT2D eigenvalue weighted by Gasteiger charge is -2.07. The zero-order chi connectivity index (χ0) is 36.9. The zero-order valence-corrected chi connectivity index (χ0v) is 33.1. The standard InChI is InChI=1S/C17H13BrN2O4S.C15H9BrN2O3S.C2H5BrO/c1-23-10-24-15-6-2-11(8-13(15)18)3-7-17-19-14-5-4-12(20(21)22)9-16(14)25-17;16-11-7-9(1-5-13(11)19)2-6-15-17-12-4-3-10(18(20)21)8-14(12)22-15;1-4-2-3/h2-9H,10H2,1H3;1-8,19H;2H2,1H3/b7-3+;6-2+;. The van der Waals surface area contributed by atoms with Crippen LogP contribution in [0.1, 0.15) is 21.1 Å². The number of fused-ring (bicyclic) bond motifs is 2. The monoisotopic (exact) mass is 920 g/mol. The summed E-state index contributed by atoms with van der Waals surface area (Å²) in [5, 5.41) is 32.6. The maximum Gasteiger partial charge on any atom is 0.270 e. The Balaban J connectivity index is 0.000000208. The fraction of sp³-hybridized carbons (Fsp3) is 0.118. The number of nitro benzene ring substituents is 2.